The van der Waals surface area contributed by atoms with Gasteiger partial charge in [-0.2, -0.15) is 0 Å². The highest BCUT2D eigenvalue weighted by Gasteiger charge is 2.27. The lowest BCUT2D eigenvalue weighted by Crippen LogP contribution is -2.28. The standard InChI is InChI=1S/C40H75O10P/c1-3-5-7-9-11-13-15-17-18-20-22-24-26-28-30-32-40(44)50-38(34-42)36-48-51(45,46)47-35-37(33-41)49-39(43)31-29-27-25-23-21-19-16-14-12-10-8-6-4-2/h8,10,14,16,37-38,41-42H,3-7,9,11-13,15,17-36H2,1-2H3,(H,45,46)/b10-8-,16-14-. The van der Waals surface area contributed by atoms with Crippen LogP contribution in [-0.4, -0.2) is 65.7 Å². The van der Waals surface area contributed by atoms with Gasteiger partial charge >= 0.3 is 19.8 Å². The number of hydrogen-bond acceptors (Lipinski definition) is 9. The van der Waals surface area contributed by atoms with Gasteiger partial charge < -0.3 is 24.6 Å². The van der Waals surface area contributed by atoms with Crippen LogP contribution in [0.5, 0.6) is 0 Å². The Hall–Kier alpha value is -1.55. The number of unbranched alkanes of at least 4 members (excludes halogenated alkanes) is 20. The molecule has 0 rings (SSSR count). The van der Waals surface area contributed by atoms with Gasteiger partial charge in [-0.25, -0.2) is 4.57 Å². The van der Waals surface area contributed by atoms with Gasteiger partial charge in [0.25, 0.3) is 0 Å². The molecule has 300 valence electrons. The van der Waals surface area contributed by atoms with Crippen LogP contribution in [0.15, 0.2) is 24.3 Å². The topological polar surface area (TPSA) is 149 Å². The van der Waals surface area contributed by atoms with Crippen molar-refractivity contribution in [1.82, 2.24) is 0 Å². The van der Waals surface area contributed by atoms with Crippen LogP contribution in [0.2, 0.25) is 0 Å². The summed E-state index contributed by atoms with van der Waals surface area (Å²) in [5.41, 5.74) is 0. The molecule has 0 radical (unpaired) electrons. The molecule has 11 heteroatoms. The third-order valence-corrected chi connectivity index (χ3v) is 9.60. The number of phosphoric ester groups is 1. The zero-order valence-electron chi connectivity index (χ0n) is 32.3. The molecule has 3 atom stereocenters. The summed E-state index contributed by atoms with van der Waals surface area (Å²) in [6, 6.07) is 0. The first kappa shape index (κ1) is 49.5. The molecule has 0 bridgehead atoms. The maximum Gasteiger partial charge on any atom is 0.472 e. The first-order valence-electron chi connectivity index (χ1n) is 20.3. The van der Waals surface area contributed by atoms with Crippen molar-refractivity contribution >= 4 is 19.8 Å². The summed E-state index contributed by atoms with van der Waals surface area (Å²) >= 11 is 0. The molecule has 0 saturated carbocycles. The minimum Gasteiger partial charge on any atom is -0.457 e. The van der Waals surface area contributed by atoms with E-state index in [0.29, 0.717) is 12.8 Å². The minimum atomic E-state index is -4.63. The predicted octanol–water partition coefficient (Wildman–Crippen LogP) is 10.2. The van der Waals surface area contributed by atoms with E-state index in [1.54, 1.807) is 0 Å². The van der Waals surface area contributed by atoms with Crippen molar-refractivity contribution in [3.63, 3.8) is 0 Å². The van der Waals surface area contributed by atoms with Gasteiger partial charge in [0, 0.05) is 12.8 Å². The fourth-order valence-corrected chi connectivity index (χ4v) is 6.29. The molecule has 3 N–H and O–H groups in total. The lowest BCUT2D eigenvalue weighted by molar-refractivity contribution is -0.153. The smallest absolute Gasteiger partial charge is 0.457 e. The highest BCUT2D eigenvalue weighted by atomic mass is 31.2. The van der Waals surface area contributed by atoms with Crippen LogP contribution in [-0.2, 0) is 32.7 Å². The van der Waals surface area contributed by atoms with Crippen molar-refractivity contribution in [3.05, 3.63) is 24.3 Å². The second-order valence-corrected chi connectivity index (χ2v) is 15.1. The van der Waals surface area contributed by atoms with Crippen LogP contribution >= 0.6 is 7.82 Å². The minimum absolute atomic E-state index is 0.177. The Kier molecular flexibility index (Phi) is 35.7. The highest BCUT2D eigenvalue weighted by molar-refractivity contribution is 7.47. The summed E-state index contributed by atoms with van der Waals surface area (Å²) < 4.78 is 32.5. The van der Waals surface area contributed by atoms with E-state index in [2.05, 4.69) is 38.2 Å². The molecule has 10 nitrogen and oxygen atoms in total. The largest absolute Gasteiger partial charge is 0.472 e. The van der Waals surface area contributed by atoms with Crippen molar-refractivity contribution in [2.75, 3.05) is 26.4 Å². The third kappa shape index (κ3) is 35.3. The van der Waals surface area contributed by atoms with Crippen LogP contribution < -0.4 is 0 Å². The van der Waals surface area contributed by atoms with Gasteiger partial charge in [0.15, 0.2) is 0 Å². The number of carbonyl (C=O) groups excluding carboxylic acids is 2. The Morgan fingerprint density at radius 3 is 1.29 bits per heavy atom. The van der Waals surface area contributed by atoms with Gasteiger partial charge in [-0.05, 0) is 38.5 Å². The van der Waals surface area contributed by atoms with Gasteiger partial charge in [0.05, 0.1) is 26.4 Å². The van der Waals surface area contributed by atoms with E-state index in [0.717, 1.165) is 64.2 Å². The van der Waals surface area contributed by atoms with Crippen LogP contribution in [0.25, 0.3) is 0 Å². The average molecular weight is 747 g/mol. The molecular weight excluding hydrogens is 671 g/mol. The summed E-state index contributed by atoms with van der Waals surface area (Å²) in [5, 5.41) is 19.1. The second-order valence-electron chi connectivity index (χ2n) is 13.6. The Balaban J connectivity index is 3.95. The van der Waals surface area contributed by atoms with E-state index in [1.165, 1.54) is 77.0 Å². The first-order chi connectivity index (χ1) is 24.8. The molecule has 51 heavy (non-hydrogen) atoms. The second kappa shape index (κ2) is 36.8. The van der Waals surface area contributed by atoms with E-state index < -0.39 is 58.4 Å². The first-order valence-corrected chi connectivity index (χ1v) is 21.8. The number of carbonyl (C=O) groups is 2. The van der Waals surface area contributed by atoms with Crippen LogP contribution in [0.4, 0.5) is 0 Å². The van der Waals surface area contributed by atoms with E-state index >= 15 is 0 Å². The fraction of sp³-hybridized carbons (Fsp3) is 0.850. The van der Waals surface area contributed by atoms with Crippen molar-refractivity contribution in [1.29, 1.82) is 0 Å². The quantitative estimate of drug-likeness (QED) is 0.0241. The molecule has 0 amide bonds. The molecule has 0 fully saturated rings. The van der Waals surface area contributed by atoms with Crippen molar-refractivity contribution in [2.24, 2.45) is 0 Å². The number of aliphatic hydroxyl groups is 2. The van der Waals surface area contributed by atoms with E-state index in [1.807, 2.05) is 0 Å². The van der Waals surface area contributed by atoms with Crippen LogP contribution in [0.3, 0.4) is 0 Å². The van der Waals surface area contributed by atoms with Crippen molar-refractivity contribution < 1.29 is 47.8 Å². The van der Waals surface area contributed by atoms with E-state index in [-0.39, 0.29) is 12.8 Å². The molecule has 0 spiro atoms. The summed E-state index contributed by atoms with van der Waals surface area (Å²) in [6.07, 6.45) is 34.4. The third-order valence-electron chi connectivity index (χ3n) is 8.65. The van der Waals surface area contributed by atoms with Crippen molar-refractivity contribution in [3.8, 4) is 0 Å². The molecule has 0 aromatic heterocycles. The number of ether oxygens (including phenoxy) is 2. The maximum absolute atomic E-state index is 12.3. The Morgan fingerprint density at radius 2 is 0.902 bits per heavy atom. The maximum atomic E-state index is 12.3. The summed E-state index contributed by atoms with van der Waals surface area (Å²) in [7, 11) is -4.63. The molecule has 0 aromatic carbocycles. The van der Waals surface area contributed by atoms with Gasteiger partial charge in [-0.3, -0.25) is 18.6 Å². The van der Waals surface area contributed by atoms with Crippen molar-refractivity contribution in [2.45, 2.75) is 193 Å². The van der Waals surface area contributed by atoms with Gasteiger partial charge in [0.2, 0.25) is 0 Å². The molecule has 0 heterocycles. The fourth-order valence-electron chi connectivity index (χ4n) is 5.51. The number of hydrogen-bond donors (Lipinski definition) is 3. The highest BCUT2D eigenvalue weighted by Crippen LogP contribution is 2.43. The molecule has 0 aromatic rings. The molecule has 3 unspecified atom stereocenters. The number of rotatable bonds is 38. The number of allylic oxidation sites excluding steroid dienone is 4. The predicted molar refractivity (Wildman–Crippen MR) is 205 cm³/mol. The average Bonchev–Trinajstić information content (AvgIpc) is 3.12. The van der Waals surface area contributed by atoms with Gasteiger partial charge in [-0.1, -0.05) is 154 Å². The summed E-state index contributed by atoms with van der Waals surface area (Å²) in [5.74, 6) is -1.03. The van der Waals surface area contributed by atoms with Gasteiger partial charge in [0.1, 0.15) is 12.2 Å². The van der Waals surface area contributed by atoms with E-state index in [4.69, 9.17) is 18.5 Å². The molecular formula is C40H75O10P. The number of phosphoric acid groups is 1. The Labute approximate surface area is 310 Å². The van der Waals surface area contributed by atoms with Crippen LogP contribution in [0.1, 0.15) is 181 Å². The SMILES string of the molecule is CCC/C=C\C/C=C\CCCCCCCC(=O)OC(CO)COP(=O)(O)OCC(CO)OC(=O)CCCCCCCCCCCCCCCCC. The molecule has 0 aliphatic carbocycles. The lowest BCUT2D eigenvalue weighted by atomic mass is 10.0. The molecule has 0 aliphatic heterocycles. The van der Waals surface area contributed by atoms with Crippen LogP contribution in [0, 0.1) is 0 Å². The summed E-state index contributed by atoms with van der Waals surface area (Å²) in [6.45, 7) is 2.13. The Morgan fingerprint density at radius 1 is 0.529 bits per heavy atom. The normalized spacial score (nSPS) is 14.2. The monoisotopic (exact) mass is 747 g/mol. The summed E-state index contributed by atoms with van der Waals surface area (Å²) in [4.78, 5) is 34.4. The Bertz CT molecular complexity index is 910. The van der Waals surface area contributed by atoms with E-state index in [9.17, 15) is 29.3 Å². The molecule has 0 saturated heterocycles. The number of aliphatic hydroxyl groups excluding tert-OH is 2. The zero-order valence-corrected chi connectivity index (χ0v) is 33.2. The van der Waals surface area contributed by atoms with Gasteiger partial charge in [-0.15, -0.1) is 0 Å². The molecule has 0 aliphatic rings. The number of esters is 2. The zero-order chi connectivity index (χ0) is 37.7. The lowest BCUT2D eigenvalue weighted by Gasteiger charge is -2.20.